The summed E-state index contributed by atoms with van der Waals surface area (Å²) in [6, 6.07) is 19.7. The minimum Gasteiger partial charge on any atom is -0.494 e. The van der Waals surface area contributed by atoms with E-state index >= 15 is 0 Å². The number of carbonyl (C=O) groups excluding carboxylic acids is 1. The van der Waals surface area contributed by atoms with E-state index in [0.29, 0.717) is 24.6 Å². The van der Waals surface area contributed by atoms with Crippen molar-refractivity contribution >= 4 is 22.4 Å². The molecule has 0 saturated heterocycles. The summed E-state index contributed by atoms with van der Waals surface area (Å²) in [5.41, 5.74) is 1.18. The molecule has 0 aliphatic rings. The molecule has 1 N–H and O–H groups in total. The molecule has 0 fully saturated rings. The van der Waals surface area contributed by atoms with Gasteiger partial charge in [0, 0.05) is 12.8 Å². The molecule has 1 aromatic heterocycles. The number of carbonyl (C=O) groups is 1. The van der Waals surface area contributed by atoms with Gasteiger partial charge in [-0.3, -0.25) is 4.79 Å². The highest BCUT2D eigenvalue weighted by Gasteiger charge is 2.08. The third kappa shape index (κ3) is 5.69. The summed E-state index contributed by atoms with van der Waals surface area (Å²) in [4.78, 5) is 12.0. The molecule has 0 aliphatic heterocycles. The number of anilines is 1. The number of hydrogen-bond donors (Lipinski definition) is 1. The van der Waals surface area contributed by atoms with Gasteiger partial charge in [-0.25, -0.2) is 0 Å². The number of hydrogen-bond acceptors (Lipinski definition) is 5. The van der Waals surface area contributed by atoms with Crippen LogP contribution >= 0.6 is 11.3 Å². The molecule has 1 amide bonds. The van der Waals surface area contributed by atoms with E-state index in [1.807, 2.05) is 60.7 Å². The quantitative estimate of drug-likeness (QED) is 0.623. The van der Waals surface area contributed by atoms with Crippen LogP contribution in [0.25, 0.3) is 0 Å². The lowest BCUT2D eigenvalue weighted by Gasteiger charge is -2.05. The molecule has 5 nitrogen and oxygen atoms in total. The van der Waals surface area contributed by atoms with Crippen LogP contribution in [-0.2, 0) is 11.2 Å². The van der Waals surface area contributed by atoms with Crippen LogP contribution in [0.3, 0.4) is 0 Å². The Labute approximate surface area is 150 Å². The number of aromatic nitrogens is 2. The summed E-state index contributed by atoms with van der Waals surface area (Å²) in [5, 5.41) is 12.4. The van der Waals surface area contributed by atoms with E-state index in [4.69, 9.17) is 4.74 Å². The molecule has 0 atom stereocenters. The van der Waals surface area contributed by atoms with E-state index < -0.39 is 0 Å². The van der Waals surface area contributed by atoms with E-state index in [0.717, 1.165) is 17.2 Å². The predicted octanol–water partition coefficient (Wildman–Crippen LogP) is 3.93. The number of amides is 1. The Morgan fingerprint density at radius 3 is 2.48 bits per heavy atom. The van der Waals surface area contributed by atoms with Crippen molar-refractivity contribution in [2.75, 3.05) is 11.9 Å². The summed E-state index contributed by atoms with van der Waals surface area (Å²) in [7, 11) is 0. The average Bonchev–Trinajstić information content (AvgIpc) is 3.07. The van der Waals surface area contributed by atoms with Gasteiger partial charge in [-0.05, 0) is 24.1 Å². The SMILES string of the molecule is O=C(CCCOc1ccccc1)Nc1nnc(Cc2ccccc2)s1. The molecule has 6 heteroatoms. The first-order valence-electron chi connectivity index (χ1n) is 8.13. The molecule has 25 heavy (non-hydrogen) atoms. The highest BCUT2D eigenvalue weighted by Crippen LogP contribution is 2.18. The first-order valence-corrected chi connectivity index (χ1v) is 8.95. The molecule has 0 unspecified atom stereocenters. The lowest BCUT2D eigenvalue weighted by Crippen LogP contribution is -2.12. The second kappa shape index (κ2) is 8.94. The van der Waals surface area contributed by atoms with Crippen molar-refractivity contribution in [2.45, 2.75) is 19.3 Å². The van der Waals surface area contributed by atoms with Gasteiger partial charge in [-0.1, -0.05) is 59.9 Å². The Kier molecular flexibility index (Phi) is 6.11. The molecule has 3 rings (SSSR count). The van der Waals surface area contributed by atoms with Crippen molar-refractivity contribution in [3.05, 3.63) is 71.2 Å². The Morgan fingerprint density at radius 1 is 1.00 bits per heavy atom. The van der Waals surface area contributed by atoms with Gasteiger partial charge in [0.15, 0.2) is 0 Å². The molecular formula is C19H19N3O2S. The predicted molar refractivity (Wildman–Crippen MR) is 99.0 cm³/mol. The van der Waals surface area contributed by atoms with Crippen LogP contribution in [-0.4, -0.2) is 22.7 Å². The third-order valence-corrected chi connectivity index (χ3v) is 4.31. The van der Waals surface area contributed by atoms with Gasteiger partial charge in [0.05, 0.1) is 6.61 Å². The second-order valence-electron chi connectivity index (χ2n) is 5.48. The van der Waals surface area contributed by atoms with E-state index in [-0.39, 0.29) is 5.91 Å². The molecule has 2 aromatic carbocycles. The van der Waals surface area contributed by atoms with Crippen LogP contribution in [0.1, 0.15) is 23.4 Å². The molecule has 0 spiro atoms. The minimum atomic E-state index is -0.0703. The maximum atomic E-state index is 12.0. The van der Waals surface area contributed by atoms with Gasteiger partial charge in [0.1, 0.15) is 10.8 Å². The smallest absolute Gasteiger partial charge is 0.226 e. The monoisotopic (exact) mass is 353 g/mol. The van der Waals surface area contributed by atoms with Crippen LogP contribution in [0, 0.1) is 0 Å². The summed E-state index contributed by atoms with van der Waals surface area (Å²) in [6.07, 6.45) is 1.76. The van der Waals surface area contributed by atoms with Crippen LogP contribution in [0.5, 0.6) is 5.75 Å². The van der Waals surface area contributed by atoms with E-state index in [1.165, 1.54) is 16.9 Å². The Hall–Kier alpha value is -2.73. The third-order valence-electron chi connectivity index (χ3n) is 3.47. The number of benzene rings is 2. The van der Waals surface area contributed by atoms with Crippen molar-refractivity contribution < 1.29 is 9.53 Å². The number of ether oxygens (including phenoxy) is 1. The van der Waals surface area contributed by atoms with E-state index in [9.17, 15) is 4.79 Å². The summed E-state index contributed by atoms with van der Waals surface area (Å²) in [5.74, 6) is 0.747. The van der Waals surface area contributed by atoms with Crippen molar-refractivity contribution in [2.24, 2.45) is 0 Å². The molecule has 0 aliphatic carbocycles. The van der Waals surface area contributed by atoms with Crippen molar-refractivity contribution in [1.82, 2.24) is 10.2 Å². The molecule has 1 heterocycles. The Bertz CT molecular complexity index is 791. The highest BCUT2D eigenvalue weighted by atomic mass is 32.1. The van der Waals surface area contributed by atoms with Gasteiger partial charge < -0.3 is 10.1 Å². The zero-order valence-electron chi connectivity index (χ0n) is 13.7. The summed E-state index contributed by atoms with van der Waals surface area (Å²) in [6.45, 7) is 0.507. The summed E-state index contributed by atoms with van der Waals surface area (Å²) < 4.78 is 5.57. The first-order chi connectivity index (χ1) is 12.3. The molecule has 0 bridgehead atoms. The van der Waals surface area contributed by atoms with Gasteiger partial charge >= 0.3 is 0 Å². The normalized spacial score (nSPS) is 10.4. The topological polar surface area (TPSA) is 64.1 Å². The fraction of sp³-hybridized carbons (Fsp3) is 0.211. The van der Waals surface area contributed by atoms with Gasteiger partial charge in [0.2, 0.25) is 11.0 Å². The number of nitrogens with zero attached hydrogens (tertiary/aromatic N) is 2. The van der Waals surface area contributed by atoms with E-state index in [1.54, 1.807) is 0 Å². The van der Waals surface area contributed by atoms with E-state index in [2.05, 4.69) is 15.5 Å². The van der Waals surface area contributed by atoms with Crippen LogP contribution in [0.2, 0.25) is 0 Å². The fourth-order valence-electron chi connectivity index (χ4n) is 2.27. The molecular weight excluding hydrogens is 334 g/mol. The highest BCUT2D eigenvalue weighted by molar-refractivity contribution is 7.15. The lowest BCUT2D eigenvalue weighted by molar-refractivity contribution is -0.116. The standard InChI is InChI=1S/C19H19N3O2S/c23-17(12-7-13-24-16-10-5-2-6-11-16)20-19-22-21-18(25-19)14-15-8-3-1-4-9-15/h1-6,8-11H,7,12-14H2,(H,20,22,23). The zero-order chi connectivity index (χ0) is 17.3. The minimum absolute atomic E-state index is 0.0703. The largest absolute Gasteiger partial charge is 0.494 e. The average molecular weight is 353 g/mol. The van der Waals surface area contributed by atoms with Crippen molar-refractivity contribution in [3.8, 4) is 5.75 Å². The second-order valence-corrected chi connectivity index (χ2v) is 6.54. The Morgan fingerprint density at radius 2 is 1.72 bits per heavy atom. The van der Waals surface area contributed by atoms with Crippen LogP contribution in [0.4, 0.5) is 5.13 Å². The molecule has 0 radical (unpaired) electrons. The van der Waals surface area contributed by atoms with Gasteiger partial charge in [-0.2, -0.15) is 0 Å². The van der Waals surface area contributed by atoms with Crippen LogP contribution < -0.4 is 10.1 Å². The molecule has 128 valence electrons. The maximum absolute atomic E-state index is 12.0. The molecule has 0 saturated carbocycles. The van der Waals surface area contributed by atoms with Crippen molar-refractivity contribution in [3.63, 3.8) is 0 Å². The maximum Gasteiger partial charge on any atom is 0.226 e. The zero-order valence-corrected chi connectivity index (χ0v) is 14.5. The number of rotatable bonds is 8. The summed E-state index contributed by atoms with van der Waals surface area (Å²) >= 11 is 1.41. The van der Waals surface area contributed by atoms with Gasteiger partial charge in [-0.15, -0.1) is 10.2 Å². The van der Waals surface area contributed by atoms with Crippen molar-refractivity contribution in [1.29, 1.82) is 0 Å². The van der Waals surface area contributed by atoms with Gasteiger partial charge in [0.25, 0.3) is 0 Å². The molecule has 3 aromatic rings. The lowest BCUT2D eigenvalue weighted by atomic mass is 10.2. The Balaban J connectivity index is 1.39. The number of para-hydroxylation sites is 1. The van der Waals surface area contributed by atoms with Crippen LogP contribution in [0.15, 0.2) is 60.7 Å². The number of nitrogens with one attached hydrogen (secondary N) is 1. The fourth-order valence-corrected chi connectivity index (χ4v) is 3.06. The first kappa shape index (κ1) is 17.1.